The SMILES string of the molecule is Cc1cc2ccc3cc(C)c4cc(Cl)c5c(Cl)cc1c1c2c3c4c51. The summed E-state index contributed by atoms with van der Waals surface area (Å²) in [6, 6.07) is 13.2. The summed E-state index contributed by atoms with van der Waals surface area (Å²) in [5, 5.41) is 14.2. The summed E-state index contributed by atoms with van der Waals surface area (Å²) in [4.78, 5) is 0. The number of aryl methyl sites for hydroxylation is 2. The van der Waals surface area contributed by atoms with Crippen LogP contribution in [-0.2, 0) is 0 Å². The van der Waals surface area contributed by atoms with Crippen molar-refractivity contribution in [2.45, 2.75) is 13.8 Å². The van der Waals surface area contributed by atoms with Gasteiger partial charge in [0.15, 0.2) is 0 Å². The minimum atomic E-state index is 0.745. The predicted octanol–water partition coefficient (Wildman–Crippen LogP) is 7.69. The highest BCUT2D eigenvalue weighted by Crippen LogP contribution is 2.52. The van der Waals surface area contributed by atoms with Gasteiger partial charge in [0.2, 0.25) is 0 Å². The lowest BCUT2D eigenvalue weighted by Gasteiger charge is -2.11. The van der Waals surface area contributed by atoms with Crippen LogP contribution in [0.25, 0.3) is 53.9 Å². The van der Waals surface area contributed by atoms with E-state index >= 15 is 0 Å². The van der Waals surface area contributed by atoms with Gasteiger partial charge in [-0.3, -0.25) is 0 Å². The van der Waals surface area contributed by atoms with Gasteiger partial charge in [-0.2, -0.15) is 0 Å². The van der Waals surface area contributed by atoms with E-state index < -0.39 is 0 Å². The molecule has 0 aliphatic rings. The van der Waals surface area contributed by atoms with E-state index in [-0.39, 0.29) is 0 Å². The minimum Gasteiger partial charge on any atom is -0.0836 e. The Morgan fingerprint density at radius 3 is 1.46 bits per heavy atom. The first kappa shape index (κ1) is 13.3. The molecule has 0 aromatic heterocycles. The molecule has 0 atom stereocenters. The van der Waals surface area contributed by atoms with Crippen LogP contribution < -0.4 is 0 Å². The highest BCUT2D eigenvalue weighted by atomic mass is 35.5. The predicted molar refractivity (Wildman–Crippen MR) is 107 cm³/mol. The molecule has 0 N–H and O–H groups in total. The van der Waals surface area contributed by atoms with E-state index in [1.165, 1.54) is 59.6 Å². The molecule has 0 heterocycles. The van der Waals surface area contributed by atoms with Crippen molar-refractivity contribution in [1.29, 1.82) is 0 Å². The molecule has 0 bridgehead atoms. The molecule has 6 aromatic rings. The topological polar surface area (TPSA) is 0 Å². The van der Waals surface area contributed by atoms with E-state index in [0.717, 1.165) is 15.4 Å². The summed E-state index contributed by atoms with van der Waals surface area (Å²) in [6.45, 7) is 4.33. The second kappa shape index (κ2) is 3.96. The van der Waals surface area contributed by atoms with Crippen LogP contribution in [0, 0.1) is 13.8 Å². The summed E-state index contributed by atoms with van der Waals surface area (Å²) in [7, 11) is 0. The van der Waals surface area contributed by atoms with Crippen molar-refractivity contribution in [3.8, 4) is 0 Å². The second-order valence-corrected chi connectivity index (χ2v) is 7.78. The number of benzene rings is 5. The molecular formula is C22H12Cl2. The van der Waals surface area contributed by atoms with Gasteiger partial charge in [0.05, 0.1) is 10.0 Å². The molecule has 0 saturated carbocycles. The summed E-state index contributed by atoms with van der Waals surface area (Å²) in [5.74, 6) is 0. The van der Waals surface area contributed by atoms with Crippen molar-refractivity contribution >= 4 is 77.1 Å². The van der Waals surface area contributed by atoms with E-state index in [9.17, 15) is 0 Å². The highest BCUT2D eigenvalue weighted by molar-refractivity contribution is 6.52. The lowest BCUT2D eigenvalue weighted by molar-refractivity contribution is 1.57. The van der Waals surface area contributed by atoms with E-state index in [0.29, 0.717) is 0 Å². The van der Waals surface area contributed by atoms with Gasteiger partial charge in [0, 0.05) is 10.8 Å². The lowest BCUT2D eigenvalue weighted by atomic mass is 9.96. The molecule has 0 aliphatic carbocycles. The number of halogens is 2. The van der Waals surface area contributed by atoms with Gasteiger partial charge in [-0.15, -0.1) is 0 Å². The van der Waals surface area contributed by atoms with Crippen LogP contribution in [0.2, 0.25) is 10.0 Å². The van der Waals surface area contributed by atoms with Crippen LogP contribution in [0.4, 0.5) is 0 Å². The molecule has 0 spiro atoms. The van der Waals surface area contributed by atoms with Crippen molar-refractivity contribution in [2.24, 2.45) is 0 Å². The largest absolute Gasteiger partial charge is 0.0836 e. The molecule has 2 heteroatoms. The van der Waals surface area contributed by atoms with Gasteiger partial charge < -0.3 is 0 Å². The molecule has 0 radical (unpaired) electrons. The average Bonchev–Trinajstić information content (AvgIpc) is 2.89. The highest BCUT2D eigenvalue weighted by Gasteiger charge is 2.24. The zero-order chi connectivity index (χ0) is 16.3. The quantitative estimate of drug-likeness (QED) is 0.247. The monoisotopic (exact) mass is 346 g/mol. The van der Waals surface area contributed by atoms with Crippen molar-refractivity contribution in [2.75, 3.05) is 0 Å². The van der Waals surface area contributed by atoms with E-state index in [2.05, 4.69) is 50.2 Å². The molecule has 24 heavy (non-hydrogen) atoms. The van der Waals surface area contributed by atoms with Crippen LogP contribution in [0.15, 0.2) is 36.4 Å². The standard InChI is InChI=1S/C22H12Cl2/c1-9-5-11-3-4-12-6-10(2)14-8-16(24)21-15(23)7-13(9)19-17(11)18(12)20(14)22(19)21/h3-8H,1-2H3. The van der Waals surface area contributed by atoms with Gasteiger partial charge in [0.1, 0.15) is 0 Å². The van der Waals surface area contributed by atoms with Gasteiger partial charge >= 0.3 is 0 Å². The minimum absolute atomic E-state index is 0.745. The fourth-order valence-electron chi connectivity index (χ4n) is 4.72. The van der Waals surface area contributed by atoms with E-state index in [4.69, 9.17) is 23.2 Å². The number of hydrogen-bond acceptors (Lipinski definition) is 0. The summed E-state index contributed by atoms with van der Waals surface area (Å²) in [6.07, 6.45) is 0. The summed E-state index contributed by atoms with van der Waals surface area (Å²) >= 11 is 13.3. The first-order chi connectivity index (χ1) is 11.6. The maximum absolute atomic E-state index is 6.67. The summed E-state index contributed by atoms with van der Waals surface area (Å²) in [5.41, 5.74) is 2.52. The Morgan fingerprint density at radius 2 is 1.00 bits per heavy atom. The first-order valence-corrected chi connectivity index (χ1v) is 8.85. The average molecular weight is 347 g/mol. The molecule has 0 fully saturated rings. The van der Waals surface area contributed by atoms with Gasteiger partial charge in [0.25, 0.3) is 0 Å². The third kappa shape index (κ3) is 1.28. The Morgan fingerprint density at radius 1 is 0.542 bits per heavy atom. The Hall–Kier alpha value is -2.02. The first-order valence-electron chi connectivity index (χ1n) is 8.10. The van der Waals surface area contributed by atoms with Crippen molar-refractivity contribution in [3.63, 3.8) is 0 Å². The zero-order valence-electron chi connectivity index (χ0n) is 13.2. The Bertz CT molecular complexity index is 1320. The third-order valence-corrected chi connectivity index (χ3v) is 6.27. The molecule has 0 unspecified atom stereocenters. The van der Waals surface area contributed by atoms with Gasteiger partial charge in [-0.1, -0.05) is 47.5 Å². The van der Waals surface area contributed by atoms with Crippen LogP contribution >= 0.6 is 23.2 Å². The maximum atomic E-state index is 6.67. The molecule has 0 nitrogen and oxygen atoms in total. The lowest BCUT2D eigenvalue weighted by Crippen LogP contribution is -1.84. The van der Waals surface area contributed by atoms with Crippen molar-refractivity contribution in [3.05, 3.63) is 57.6 Å². The fraction of sp³-hybridized carbons (Fsp3) is 0.0909. The van der Waals surface area contributed by atoms with Crippen molar-refractivity contribution < 1.29 is 0 Å². The molecule has 0 aliphatic heterocycles. The Labute approximate surface area is 148 Å². The van der Waals surface area contributed by atoms with Crippen LogP contribution in [0.1, 0.15) is 11.1 Å². The Kier molecular flexibility index (Phi) is 2.19. The fourth-order valence-corrected chi connectivity index (χ4v) is 5.38. The number of rotatable bonds is 0. The summed E-state index contributed by atoms with van der Waals surface area (Å²) < 4.78 is 0. The molecular weight excluding hydrogens is 335 g/mol. The Balaban J connectivity index is 2.22. The maximum Gasteiger partial charge on any atom is 0.0506 e. The molecule has 114 valence electrons. The molecule has 0 amide bonds. The van der Waals surface area contributed by atoms with E-state index in [1.807, 2.05) is 0 Å². The van der Waals surface area contributed by atoms with Gasteiger partial charge in [-0.25, -0.2) is 0 Å². The number of hydrogen-bond donors (Lipinski definition) is 0. The third-order valence-electron chi connectivity index (χ3n) is 5.67. The van der Waals surface area contributed by atoms with Crippen LogP contribution in [0.5, 0.6) is 0 Å². The van der Waals surface area contributed by atoms with Crippen LogP contribution in [0.3, 0.4) is 0 Å². The molecule has 6 aromatic carbocycles. The zero-order valence-corrected chi connectivity index (χ0v) is 14.7. The second-order valence-electron chi connectivity index (χ2n) is 6.96. The smallest absolute Gasteiger partial charge is 0.0506 e. The molecule has 6 rings (SSSR count). The molecule has 0 saturated heterocycles. The van der Waals surface area contributed by atoms with Crippen LogP contribution in [-0.4, -0.2) is 0 Å². The van der Waals surface area contributed by atoms with Gasteiger partial charge in [-0.05, 0) is 80.2 Å². The normalized spacial score (nSPS) is 13.0. The van der Waals surface area contributed by atoms with Crippen molar-refractivity contribution in [1.82, 2.24) is 0 Å². The van der Waals surface area contributed by atoms with E-state index in [1.54, 1.807) is 0 Å².